The van der Waals surface area contributed by atoms with Crippen LogP contribution in [0.2, 0.25) is 0 Å². The monoisotopic (exact) mass is 693 g/mol. The van der Waals surface area contributed by atoms with Crippen LogP contribution in [0, 0.1) is 0 Å². The van der Waals surface area contributed by atoms with Crippen molar-refractivity contribution in [3.05, 3.63) is 193 Å². The first-order chi connectivity index (χ1) is 26.8. The number of rotatable bonds is 5. The van der Waals surface area contributed by atoms with Gasteiger partial charge >= 0.3 is 0 Å². The molecule has 1 atom stereocenters. The smallest absolute Gasteiger partial charge is 0.159 e. The molecule has 1 N–H and O–H groups in total. The fourth-order valence-electron chi connectivity index (χ4n) is 8.01. The molecule has 8 aromatic carbocycles. The molecule has 0 fully saturated rings. The maximum Gasteiger partial charge on any atom is 0.159 e. The third kappa shape index (κ3) is 4.86. The maximum absolute atomic E-state index is 6.82. The maximum atomic E-state index is 6.82. The lowest BCUT2D eigenvalue weighted by Crippen LogP contribution is -2.33. The van der Waals surface area contributed by atoms with Gasteiger partial charge in [-0.15, -0.1) is 0 Å². The Morgan fingerprint density at radius 2 is 1.06 bits per heavy atom. The molecule has 0 radical (unpaired) electrons. The van der Waals surface area contributed by atoms with E-state index in [1.807, 2.05) is 42.5 Å². The minimum Gasteiger partial charge on any atom is -0.456 e. The van der Waals surface area contributed by atoms with E-state index in [9.17, 15) is 0 Å². The molecule has 10 aromatic rings. The van der Waals surface area contributed by atoms with Crippen molar-refractivity contribution in [1.29, 1.82) is 0 Å². The molecule has 1 aliphatic rings. The lowest BCUT2D eigenvalue weighted by molar-refractivity contribution is 0.662. The van der Waals surface area contributed by atoms with E-state index in [-0.39, 0.29) is 0 Å². The molecule has 5 nitrogen and oxygen atoms in total. The van der Waals surface area contributed by atoms with Crippen molar-refractivity contribution in [2.24, 2.45) is 9.98 Å². The van der Waals surface area contributed by atoms with Gasteiger partial charge in [-0.25, -0.2) is 9.98 Å². The highest BCUT2D eigenvalue weighted by Gasteiger charge is 2.26. The van der Waals surface area contributed by atoms with Gasteiger partial charge in [-0.1, -0.05) is 158 Å². The molecule has 0 saturated carbocycles. The molecule has 1 unspecified atom stereocenters. The Morgan fingerprint density at radius 3 is 1.89 bits per heavy atom. The van der Waals surface area contributed by atoms with Gasteiger partial charge < -0.3 is 14.2 Å². The highest BCUT2D eigenvalue weighted by atomic mass is 16.3. The Morgan fingerprint density at radius 1 is 0.426 bits per heavy atom. The molecule has 0 spiro atoms. The van der Waals surface area contributed by atoms with Gasteiger partial charge in [0, 0.05) is 49.2 Å². The van der Waals surface area contributed by atoms with Gasteiger partial charge in [0.2, 0.25) is 0 Å². The quantitative estimate of drug-likeness (QED) is 0.195. The zero-order chi connectivity index (χ0) is 35.6. The molecule has 5 heteroatoms. The zero-order valence-corrected chi connectivity index (χ0v) is 29.0. The van der Waals surface area contributed by atoms with E-state index < -0.39 is 6.17 Å². The van der Waals surface area contributed by atoms with Gasteiger partial charge in [-0.2, -0.15) is 0 Å². The largest absolute Gasteiger partial charge is 0.456 e. The number of furan rings is 2. The van der Waals surface area contributed by atoms with Gasteiger partial charge in [0.15, 0.2) is 5.84 Å². The number of nitrogens with zero attached hydrogens (tertiary/aromatic N) is 2. The van der Waals surface area contributed by atoms with Crippen molar-refractivity contribution in [2.75, 3.05) is 0 Å². The van der Waals surface area contributed by atoms with E-state index in [1.54, 1.807) is 0 Å². The molecule has 0 bridgehead atoms. The number of nitrogens with one attached hydrogen (secondary N) is 1. The molecule has 0 aliphatic carbocycles. The van der Waals surface area contributed by atoms with Gasteiger partial charge in [0.25, 0.3) is 0 Å². The van der Waals surface area contributed by atoms with E-state index in [1.165, 1.54) is 5.56 Å². The second kappa shape index (κ2) is 12.2. The summed E-state index contributed by atoms with van der Waals surface area (Å²) < 4.78 is 13.4. The van der Waals surface area contributed by atoms with Gasteiger partial charge in [0.05, 0.1) is 0 Å². The van der Waals surface area contributed by atoms with Crippen LogP contribution in [0.5, 0.6) is 0 Å². The summed E-state index contributed by atoms with van der Waals surface area (Å²) in [6, 6.07) is 60.8. The van der Waals surface area contributed by atoms with Crippen molar-refractivity contribution in [3.63, 3.8) is 0 Å². The van der Waals surface area contributed by atoms with Crippen LogP contribution >= 0.6 is 0 Å². The number of hydrogen-bond donors (Lipinski definition) is 1. The number of hydrogen-bond acceptors (Lipinski definition) is 5. The van der Waals surface area contributed by atoms with Crippen LogP contribution in [-0.4, -0.2) is 11.7 Å². The van der Waals surface area contributed by atoms with Crippen molar-refractivity contribution in [2.45, 2.75) is 6.17 Å². The highest BCUT2D eigenvalue weighted by Crippen LogP contribution is 2.44. The Labute approximate surface area is 310 Å². The van der Waals surface area contributed by atoms with Gasteiger partial charge in [0.1, 0.15) is 34.3 Å². The average Bonchev–Trinajstić information content (AvgIpc) is 3.83. The molecule has 3 heterocycles. The van der Waals surface area contributed by atoms with Crippen LogP contribution in [0.15, 0.2) is 195 Å². The number of para-hydroxylation sites is 1. The summed E-state index contributed by atoms with van der Waals surface area (Å²) in [6.07, 6.45) is -0.438. The third-order valence-electron chi connectivity index (χ3n) is 10.6. The highest BCUT2D eigenvalue weighted by molar-refractivity contribution is 6.21. The summed E-state index contributed by atoms with van der Waals surface area (Å²) in [4.78, 5) is 10.4. The molecule has 2 aromatic heterocycles. The van der Waals surface area contributed by atoms with E-state index >= 15 is 0 Å². The Hall–Kier alpha value is -7.24. The summed E-state index contributed by atoms with van der Waals surface area (Å²) in [5.41, 5.74) is 10.7. The van der Waals surface area contributed by atoms with E-state index in [2.05, 4.69) is 139 Å². The lowest BCUT2D eigenvalue weighted by atomic mass is 9.95. The molecular formula is C49H31N3O2. The predicted octanol–water partition coefficient (Wildman–Crippen LogP) is 12.5. The topological polar surface area (TPSA) is 63.0 Å². The third-order valence-corrected chi connectivity index (χ3v) is 10.6. The average molecular weight is 694 g/mol. The first-order valence-corrected chi connectivity index (χ1v) is 18.2. The van der Waals surface area contributed by atoms with Crippen LogP contribution in [-0.2, 0) is 0 Å². The second-order valence-electron chi connectivity index (χ2n) is 13.7. The molecular weight excluding hydrogens is 663 g/mol. The predicted molar refractivity (Wildman–Crippen MR) is 221 cm³/mol. The second-order valence-corrected chi connectivity index (χ2v) is 13.7. The minimum atomic E-state index is -0.438. The first-order valence-electron chi connectivity index (χ1n) is 18.2. The zero-order valence-electron chi connectivity index (χ0n) is 29.0. The number of fused-ring (bicyclic) bond motifs is 8. The van der Waals surface area contributed by atoms with Crippen molar-refractivity contribution in [1.82, 2.24) is 5.32 Å². The fraction of sp³-hybridized carbons (Fsp3) is 0.0204. The van der Waals surface area contributed by atoms with Crippen LogP contribution < -0.4 is 5.32 Å². The molecule has 0 amide bonds. The van der Waals surface area contributed by atoms with E-state index in [0.717, 1.165) is 93.9 Å². The minimum absolute atomic E-state index is 0.438. The fourth-order valence-corrected chi connectivity index (χ4v) is 8.01. The molecule has 54 heavy (non-hydrogen) atoms. The number of amidine groups is 2. The summed E-state index contributed by atoms with van der Waals surface area (Å²) in [5, 5.41) is 10.2. The summed E-state index contributed by atoms with van der Waals surface area (Å²) in [7, 11) is 0. The molecule has 0 saturated heterocycles. The molecule has 11 rings (SSSR count). The van der Waals surface area contributed by atoms with E-state index in [4.69, 9.17) is 18.8 Å². The normalized spacial score (nSPS) is 14.5. The standard InChI is InChI=1S/C49H31N3O2/c1-3-12-30(13-4-1)31-24-26-34(27-25-31)48-50-47(33-15-5-2-6-16-33)51-49(52-48)40-21-11-23-42-44(40)43-36(18-10-22-41(43)53-42)37-19-9-20-38-39-29-28-32-14-7-8-17-35(32)45(39)54-46(37)38/h1-29,49H,(H,50,51,52). The van der Waals surface area contributed by atoms with Crippen LogP contribution in [0.4, 0.5) is 0 Å². The summed E-state index contributed by atoms with van der Waals surface area (Å²) >= 11 is 0. The SMILES string of the molecule is c1ccc(C2=NC(c3ccc(-c4ccccc4)cc3)=NC(c3cccc4oc5cccc(-c6cccc7c6oc6c8ccccc8ccc76)c5c34)N2)cc1. The molecule has 1 aliphatic heterocycles. The number of benzene rings is 8. The first kappa shape index (κ1) is 30.4. The van der Waals surface area contributed by atoms with Gasteiger partial charge in [-0.05, 0) is 40.3 Å². The molecule has 254 valence electrons. The van der Waals surface area contributed by atoms with E-state index in [0.29, 0.717) is 5.84 Å². The van der Waals surface area contributed by atoms with Crippen molar-refractivity contribution in [3.8, 4) is 22.3 Å². The summed E-state index contributed by atoms with van der Waals surface area (Å²) in [5.74, 6) is 1.43. The lowest BCUT2D eigenvalue weighted by Gasteiger charge is -2.24. The summed E-state index contributed by atoms with van der Waals surface area (Å²) in [6.45, 7) is 0. The van der Waals surface area contributed by atoms with Crippen molar-refractivity contribution >= 4 is 66.3 Å². The Balaban J connectivity index is 1.10. The van der Waals surface area contributed by atoms with Crippen molar-refractivity contribution < 1.29 is 8.83 Å². The van der Waals surface area contributed by atoms with Gasteiger partial charge in [-0.3, -0.25) is 0 Å². The van der Waals surface area contributed by atoms with Crippen LogP contribution in [0.25, 0.3) is 76.9 Å². The van der Waals surface area contributed by atoms with Crippen LogP contribution in [0.3, 0.4) is 0 Å². The Bertz CT molecular complexity index is 3120. The Kier molecular flexibility index (Phi) is 6.85. The number of aliphatic imine (C=N–C) groups is 2. The van der Waals surface area contributed by atoms with Crippen LogP contribution in [0.1, 0.15) is 22.9 Å².